The molecule has 1 aromatic carbocycles. The van der Waals surface area contributed by atoms with Gasteiger partial charge in [-0.15, -0.1) is 0 Å². The third-order valence-electron chi connectivity index (χ3n) is 4.27. The van der Waals surface area contributed by atoms with Crippen LogP contribution in [0.4, 0.5) is 5.69 Å². The molecule has 1 saturated carbocycles. The maximum atomic E-state index is 12.3. The number of rotatable bonds is 5. The average molecular weight is 309 g/mol. The molecule has 4 heteroatoms. The molecule has 23 heavy (non-hydrogen) atoms. The lowest BCUT2D eigenvalue weighted by molar-refractivity contribution is 0.0950. The first kappa shape index (κ1) is 15.5. The first-order chi connectivity index (χ1) is 11.3. The predicted molar refractivity (Wildman–Crippen MR) is 92.3 cm³/mol. The maximum absolute atomic E-state index is 12.3. The highest BCUT2D eigenvalue weighted by atomic mass is 16.1. The van der Waals surface area contributed by atoms with Crippen LogP contribution in [0.1, 0.15) is 48.0 Å². The van der Waals surface area contributed by atoms with Crippen LogP contribution < -0.4 is 10.6 Å². The van der Waals surface area contributed by atoms with Crippen LogP contribution in [0.3, 0.4) is 0 Å². The average Bonchev–Trinajstić information content (AvgIpc) is 2.62. The minimum Gasteiger partial charge on any atom is -0.381 e. The molecule has 2 aromatic rings. The molecule has 0 aliphatic heterocycles. The second-order valence-corrected chi connectivity index (χ2v) is 6.11. The van der Waals surface area contributed by atoms with Crippen LogP contribution in [0.5, 0.6) is 0 Å². The van der Waals surface area contributed by atoms with Crippen LogP contribution in [0, 0.1) is 0 Å². The van der Waals surface area contributed by atoms with Gasteiger partial charge in [0.2, 0.25) is 0 Å². The summed E-state index contributed by atoms with van der Waals surface area (Å²) in [5, 5.41) is 6.45. The Kier molecular flexibility index (Phi) is 5.25. The summed E-state index contributed by atoms with van der Waals surface area (Å²) in [7, 11) is 0. The van der Waals surface area contributed by atoms with E-state index < -0.39 is 0 Å². The molecule has 0 atom stereocenters. The number of amides is 1. The normalized spacial score (nSPS) is 15.1. The van der Waals surface area contributed by atoms with E-state index in [0.29, 0.717) is 18.2 Å². The molecular weight excluding hydrogens is 286 g/mol. The molecular formula is C19H23N3O. The molecule has 1 fully saturated rings. The number of carbonyl (C=O) groups is 1. The first-order valence-electron chi connectivity index (χ1n) is 8.35. The highest BCUT2D eigenvalue weighted by molar-refractivity contribution is 5.94. The van der Waals surface area contributed by atoms with E-state index >= 15 is 0 Å². The molecule has 0 bridgehead atoms. The van der Waals surface area contributed by atoms with Gasteiger partial charge in [-0.05, 0) is 24.5 Å². The monoisotopic (exact) mass is 309 g/mol. The zero-order valence-electron chi connectivity index (χ0n) is 13.3. The van der Waals surface area contributed by atoms with Gasteiger partial charge in [-0.25, -0.2) is 0 Å². The lowest BCUT2D eigenvalue weighted by Gasteiger charge is -2.23. The van der Waals surface area contributed by atoms with Gasteiger partial charge in [0.25, 0.3) is 5.91 Å². The summed E-state index contributed by atoms with van der Waals surface area (Å²) >= 11 is 0. The highest BCUT2D eigenvalue weighted by Gasteiger charge is 2.14. The van der Waals surface area contributed by atoms with E-state index in [1.54, 1.807) is 12.4 Å². The second kappa shape index (κ2) is 7.77. The summed E-state index contributed by atoms with van der Waals surface area (Å²) < 4.78 is 0. The number of carbonyl (C=O) groups excluding carboxylic acids is 1. The van der Waals surface area contributed by atoms with Gasteiger partial charge in [-0.1, -0.05) is 49.6 Å². The largest absolute Gasteiger partial charge is 0.381 e. The summed E-state index contributed by atoms with van der Waals surface area (Å²) in [6, 6.07) is 12.3. The Morgan fingerprint density at radius 2 is 1.87 bits per heavy atom. The molecule has 2 N–H and O–H groups in total. The summed E-state index contributed by atoms with van der Waals surface area (Å²) in [4.78, 5) is 16.5. The number of anilines is 1. The Hall–Kier alpha value is -2.36. The smallest absolute Gasteiger partial charge is 0.253 e. The van der Waals surface area contributed by atoms with Gasteiger partial charge in [0.1, 0.15) is 0 Å². The van der Waals surface area contributed by atoms with Crippen molar-refractivity contribution < 1.29 is 4.79 Å². The topological polar surface area (TPSA) is 54.0 Å². The SMILES string of the molecule is O=C(NCc1ccccc1)c1cncc(NC2CCCCC2)c1. The standard InChI is InChI=1S/C19H23N3O/c23-19(21-12-15-7-3-1-4-8-15)16-11-18(14-20-13-16)22-17-9-5-2-6-10-17/h1,3-4,7-8,11,13-14,17,22H,2,5-6,9-10,12H2,(H,21,23). The van der Waals surface area contributed by atoms with Crippen molar-refractivity contribution >= 4 is 11.6 Å². The molecule has 3 rings (SSSR count). The van der Waals surface area contributed by atoms with Crippen molar-refractivity contribution in [2.45, 2.75) is 44.7 Å². The Balaban J connectivity index is 1.58. The molecule has 0 spiro atoms. The van der Waals surface area contributed by atoms with Crippen molar-refractivity contribution in [1.82, 2.24) is 10.3 Å². The molecule has 0 radical (unpaired) electrons. The molecule has 1 heterocycles. The van der Waals surface area contributed by atoms with Gasteiger partial charge in [-0.3, -0.25) is 9.78 Å². The van der Waals surface area contributed by atoms with Gasteiger partial charge in [0.05, 0.1) is 11.3 Å². The fourth-order valence-corrected chi connectivity index (χ4v) is 3.01. The van der Waals surface area contributed by atoms with Crippen LogP contribution in [-0.4, -0.2) is 16.9 Å². The lowest BCUT2D eigenvalue weighted by Crippen LogP contribution is -2.24. The van der Waals surface area contributed by atoms with E-state index in [1.807, 2.05) is 36.4 Å². The molecule has 1 aliphatic rings. The van der Waals surface area contributed by atoms with Crippen LogP contribution in [-0.2, 0) is 6.54 Å². The number of nitrogens with one attached hydrogen (secondary N) is 2. The lowest BCUT2D eigenvalue weighted by atomic mass is 9.95. The zero-order chi connectivity index (χ0) is 15.9. The number of pyridine rings is 1. The van der Waals surface area contributed by atoms with Crippen LogP contribution in [0.15, 0.2) is 48.8 Å². The predicted octanol–water partition coefficient (Wildman–Crippen LogP) is 3.76. The van der Waals surface area contributed by atoms with E-state index in [1.165, 1.54) is 32.1 Å². The van der Waals surface area contributed by atoms with Crippen LogP contribution >= 0.6 is 0 Å². The maximum Gasteiger partial charge on any atom is 0.253 e. The van der Waals surface area contributed by atoms with Gasteiger partial charge in [0, 0.05) is 25.0 Å². The molecule has 120 valence electrons. The molecule has 1 amide bonds. The van der Waals surface area contributed by atoms with Crippen LogP contribution in [0.25, 0.3) is 0 Å². The molecule has 0 saturated heterocycles. The number of hydrogen-bond acceptors (Lipinski definition) is 3. The fraction of sp³-hybridized carbons (Fsp3) is 0.368. The number of nitrogens with zero attached hydrogens (tertiary/aromatic N) is 1. The molecule has 4 nitrogen and oxygen atoms in total. The number of aromatic nitrogens is 1. The zero-order valence-corrected chi connectivity index (χ0v) is 13.3. The minimum atomic E-state index is -0.0892. The Bertz CT molecular complexity index is 636. The molecule has 1 aliphatic carbocycles. The van der Waals surface area contributed by atoms with Crippen molar-refractivity contribution in [2.75, 3.05) is 5.32 Å². The number of hydrogen-bond donors (Lipinski definition) is 2. The summed E-state index contributed by atoms with van der Waals surface area (Å²) in [5.41, 5.74) is 2.62. The van der Waals surface area contributed by atoms with Crippen molar-refractivity contribution in [1.29, 1.82) is 0 Å². The van der Waals surface area contributed by atoms with Gasteiger partial charge in [0.15, 0.2) is 0 Å². The second-order valence-electron chi connectivity index (χ2n) is 6.11. The van der Waals surface area contributed by atoms with Crippen molar-refractivity contribution in [3.05, 3.63) is 59.9 Å². The van der Waals surface area contributed by atoms with E-state index in [-0.39, 0.29) is 5.91 Å². The first-order valence-corrected chi connectivity index (χ1v) is 8.35. The Morgan fingerprint density at radius 1 is 1.09 bits per heavy atom. The van der Waals surface area contributed by atoms with E-state index in [4.69, 9.17) is 0 Å². The summed E-state index contributed by atoms with van der Waals surface area (Å²) in [6.45, 7) is 0.528. The van der Waals surface area contributed by atoms with Crippen molar-refractivity contribution in [3.63, 3.8) is 0 Å². The number of benzene rings is 1. The van der Waals surface area contributed by atoms with E-state index in [9.17, 15) is 4.79 Å². The fourth-order valence-electron chi connectivity index (χ4n) is 3.01. The quantitative estimate of drug-likeness (QED) is 0.884. The third-order valence-corrected chi connectivity index (χ3v) is 4.27. The Morgan fingerprint density at radius 3 is 2.65 bits per heavy atom. The van der Waals surface area contributed by atoms with Crippen molar-refractivity contribution in [2.24, 2.45) is 0 Å². The van der Waals surface area contributed by atoms with Gasteiger partial charge >= 0.3 is 0 Å². The van der Waals surface area contributed by atoms with Crippen LogP contribution in [0.2, 0.25) is 0 Å². The van der Waals surface area contributed by atoms with E-state index in [0.717, 1.165) is 11.3 Å². The summed E-state index contributed by atoms with van der Waals surface area (Å²) in [6.07, 6.45) is 9.70. The Labute approximate surface area is 137 Å². The molecule has 0 unspecified atom stereocenters. The van der Waals surface area contributed by atoms with Gasteiger partial charge in [-0.2, -0.15) is 0 Å². The van der Waals surface area contributed by atoms with Crippen molar-refractivity contribution in [3.8, 4) is 0 Å². The molecule has 1 aromatic heterocycles. The third kappa shape index (κ3) is 4.55. The highest BCUT2D eigenvalue weighted by Crippen LogP contribution is 2.21. The summed E-state index contributed by atoms with van der Waals surface area (Å²) in [5.74, 6) is -0.0892. The van der Waals surface area contributed by atoms with Gasteiger partial charge < -0.3 is 10.6 Å². The van der Waals surface area contributed by atoms with E-state index in [2.05, 4.69) is 15.6 Å². The minimum absolute atomic E-state index is 0.0892.